The summed E-state index contributed by atoms with van der Waals surface area (Å²) in [5.74, 6) is -0.372. The average Bonchev–Trinajstić information content (AvgIpc) is 3.33. The topological polar surface area (TPSA) is 261 Å². The molecule has 1 aliphatic carbocycles. The van der Waals surface area contributed by atoms with Crippen molar-refractivity contribution < 1.29 is 38.2 Å². The number of thiophene rings is 4. The van der Waals surface area contributed by atoms with Crippen LogP contribution in [0.1, 0.15) is 77.9 Å². The molecule has 0 fully saturated rings. The highest BCUT2D eigenvalue weighted by Gasteiger charge is 2.25. The first-order chi connectivity index (χ1) is 39.9. The van der Waals surface area contributed by atoms with E-state index in [-0.39, 0.29) is 40.4 Å². The minimum atomic E-state index is -0.400. The normalized spacial score (nSPS) is 11.3. The number of rotatable bonds is 12. The molecule has 17 nitrogen and oxygen atoms in total. The third-order valence-corrected chi connectivity index (χ3v) is 18.6. The van der Waals surface area contributed by atoms with Gasteiger partial charge in [-0.2, -0.15) is 0 Å². The van der Waals surface area contributed by atoms with Gasteiger partial charge in [0.05, 0.1) is 65.1 Å². The Hall–Kier alpha value is -7.93. The van der Waals surface area contributed by atoms with Crippen LogP contribution in [-0.4, -0.2) is 81.4 Å². The number of aromatic nitrogens is 4. The van der Waals surface area contributed by atoms with Gasteiger partial charge in [-0.25, -0.2) is 24.4 Å². The number of esters is 3. The Bertz CT molecular complexity index is 4140. The molecule has 83 heavy (non-hydrogen) atoms. The van der Waals surface area contributed by atoms with E-state index in [1.807, 2.05) is 85.1 Å². The van der Waals surface area contributed by atoms with Crippen LogP contribution < -0.4 is 28.3 Å². The van der Waals surface area contributed by atoms with Gasteiger partial charge >= 0.3 is 17.9 Å². The van der Waals surface area contributed by atoms with Crippen LogP contribution in [0.2, 0.25) is 0 Å². The number of nitrogens with two attached hydrogens (primary N) is 3. The van der Waals surface area contributed by atoms with Crippen molar-refractivity contribution in [2.75, 3.05) is 50.0 Å². The molecule has 10 aromatic rings. The zero-order valence-corrected chi connectivity index (χ0v) is 51.1. The number of Topliss-reactive ketones (excluding diaryl/α,β-unsaturated/α-hetero) is 2. The number of methoxy groups -OCH3 is 3. The number of allylic oxidation sites excluding steroid dienone is 1. The molecule has 0 radical (unpaired) electrons. The van der Waals surface area contributed by atoms with E-state index in [1.165, 1.54) is 113 Å². The largest absolute Gasteiger partial charge is 0.465 e. The van der Waals surface area contributed by atoms with Gasteiger partial charge in [0, 0.05) is 44.3 Å². The summed E-state index contributed by atoms with van der Waals surface area (Å²) in [6.45, 7) is 7.73. The summed E-state index contributed by atoms with van der Waals surface area (Å²) in [7, 11) is 5.75. The van der Waals surface area contributed by atoms with E-state index in [1.54, 1.807) is 48.0 Å². The van der Waals surface area contributed by atoms with E-state index < -0.39 is 5.97 Å². The number of fused-ring (bicyclic) bond motifs is 6. The zero-order valence-electron chi connectivity index (χ0n) is 46.2. The minimum Gasteiger partial charge on any atom is -0.465 e. The van der Waals surface area contributed by atoms with Crippen LogP contribution in [0.4, 0.5) is 15.7 Å². The Balaban J connectivity index is 0.000000155. The number of hydrogen-bond donors (Lipinski definition) is 3. The van der Waals surface area contributed by atoms with Gasteiger partial charge in [0.25, 0.3) is 11.1 Å². The van der Waals surface area contributed by atoms with Gasteiger partial charge in [-0.05, 0) is 92.9 Å². The zero-order chi connectivity index (χ0) is 59.9. The Morgan fingerprint density at radius 2 is 1.23 bits per heavy atom. The lowest BCUT2D eigenvalue weighted by atomic mass is 9.95. The van der Waals surface area contributed by atoms with Gasteiger partial charge < -0.3 is 31.4 Å². The molecule has 23 heteroatoms. The molecule has 11 rings (SSSR count). The maximum absolute atomic E-state index is 13.2. The second kappa shape index (κ2) is 29.4. The highest BCUT2D eigenvalue weighted by molar-refractivity contribution is 8.00. The molecule has 4 aromatic carbocycles. The van der Waals surface area contributed by atoms with Gasteiger partial charge in [0.2, 0.25) is 0 Å². The lowest BCUT2D eigenvalue weighted by Crippen LogP contribution is -2.23. The molecule has 6 N–H and O–H groups in total. The van der Waals surface area contributed by atoms with Gasteiger partial charge in [0.15, 0.2) is 16.1 Å². The summed E-state index contributed by atoms with van der Waals surface area (Å²) < 4.78 is 19.1. The first-order valence-corrected chi connectivity index (χ1v) is 30.8. The second-order valence-electron chi connectivity index (χ2n) is 18.3. The van der Waals surface area contributed by atoms with Crippen molar-refractivity contribution >= 4 is 155 Å². The number of carbonyl (C=O) groups excluding carboxylic acids is 5. The molecular formula is C60H59N7O10S6. The van der Waals surface area contributed by atoms with Gasteiger partial charge in [-0.1, -0.05) is 102 Å². The molecule has 6 heterocycles. The lowest BCUT2D eigenvalue weighted by Gasteiger charge is -2.11. The Morgan fingerprint density at radius 3 is 1.88 bits per heavy atom. The van der Waals surface area contributed by atoms with Crippen LogP contribution in [0.25, 0.3) is 41.3 Å². The number of anilines is 3. The summed E-state index contributed by atoms with van der Waals surface area (Å²) in [5.41, 5.74) is 21.5. The summed E-state index contributed by atoms with van der Waals surface area (Å²) in [5, 5.41) is 7.18. The van der Waals surface area contributed by atoms with Gasteiger partial charge in [-0.15, -0.1) is 45.3 Å². The quantitative estimate of drug-likeness (QED) is 0.0195. The number of benzene rings is 4. The number of ether oxygens (including phenoxy) is 3. The SMILES string of the molecule is C=C(C)Cn1c(SCC(=O)c2cccs2)nc2sc3ccccc3c2c1=O.CC(=O)CSc1nc2ccccc2c(=O)n1C.COC(=O)c1c(N)sc2c1CCCC2.COC(=O)c1c(N)sc2ccccc12.COC(=O)c1ccccc1N. The van der Waals surface area contributed by atoms with E-state index in [2.05, 4.69) is 21.0 Å². The van der Waals surface area contributed by atoms with Crippen molar-refractivity contribution in [3.05, 3.63) is 179 Å². The van der Waals surface area contributed by atoms with Crippen LogP contribution in [0.3, 0.4) is 0 Å². The molecule has 0 unspecified atom stereocenters. The van der Waals surface area contributed by atoms with Crippen molar-refractivity contribution in [2.24, 2.45) is 7.05 Å². The summed E-state index contributed by atoms with van der Waals surface area (Å²) >= 11 is 8.46. The monoisotopic (exact) mass is 1230 g/mol. The molecule has 430 valence electrons. The maximum Gasteiger partial charge on any atom is 0.341 e. The lowest BCUT2D eigenvalue weighted by molar-refractivity contribution is -0.114. The van der Waals surface area contributed by atoms with Crippen LogP contribution in [-0.2, 0) is 45.4 Å². The molecular weight excluding hydrogens is 1170 g/mol. The first kappa shape index (κ1) is 62.7. The molecule has 0 aliphatic heterocycles. The third kappa shape index (κ3) is 15.4. The van der Waals surface area contributed by atoms with Crippen molar-refractivity contribution in [3.63, 3.8) is 0 Å². The molecule has 6 aromatic heterocycles. The number of nitrogens with zero attached hydrogens (tertiary/aromatic N) is 4. The van der Waals surface area contributed by atoms with Crippen LogP contribution in [0, 0.1) is 0 Å². The second-order valence-corrected chi connectivity index (χ2v) is 24.4. The summed E-state index contributed by atoms with van der Waals surface area (Å²) in [4.78, 5) is 94.2. The predicted molar refractivity (Wildman–Crippen MR) is 340 cm³/mol. The Morgan fingerprint density at radius 1 is 0.639 bits per heavy atom. The predicted octanol–water partition coefficient (Wildman–Crippen LogP) is 12.2. The van der Waals surface area contributed by atoms with E-state index >= 15 is 0 Å². The number of para-hydroxylation sites is 2. The van der Waals surface area contributed by atoms with E-state index in [9.17, 15) is 33.6 Å². The van der Waals surface area contributed by atoms with E-state index in [0.717, 1.165) is 55.4 Å². The van der Waals surface area contributed by atoms with Crippen molar-refractivity contribution in [1.82, 2.24) is 19.1 Å². The highest BCUT2D eigenvalue weighted by Crippen LogP contribution is 2.37. The Kier molecular flexibility index (Phi) is 22.2. The molecule has 1 aliphatic rings. The van der Waals surface area contributed by atoms with E-state index in [0.29, 0.717) is 76.1 Å². The fraction of sp³-hybridized carbons (Fsp3) is 0.217. The van der Waals surface area contributed by atoms with Gasteiger partial charge in [0.1, 0.15) is 26.2 Å². The number of ketones is 2. The number of carbonyl (C=O) groups is 5. The summed E-state index contributed by atoms with van der Waals surface area (Å²) in [6, 6.07) is 33.1. The maximum atomic E-state index is 13.2. The summed E-state index contributed by atoms with van der Waals surface area (Å²) in [6.07, 6.45) is 4.37. The number of aryl methyl sites for hydroxylation is 1. The molecule has 0 amide bonds. The minimum absolute atomic E-state index is 0.0440. The smallest absolute Gasteiger partial charge is 0.341 e. The number of nitrogen functional groups attached to an aromatic ring is 3. The third-order valence-electron chi connectivity index (χ3n) is 12.3. The van der Waals surface area contributed by atoms with Crippen molar-refractivity contribution in [3.8, 4) is 0 Å². The number of hydrogen-bond acceptors (Lipinski definition) is 21. The fourth-order valence-electron chi connectivity index (χ4n) is 8.42. The molecule has 0 atom stereocenters. The first-order valence-electron chi connectivity index (χ1n) is 25.5. The highest BCUT2D eigenvalue weighted by atomic mass is 32.2. The van der Waals surface area contributed by atoms with Crippen LogP contribution in [0.15, 0.2) is 147 Å². The van der Waals surface area contributed by atoms with Gasteiger partial charge in [-0.3, -0.25) is 28.3 Å². The number of thioether (sulfide) groups is 2. The van der Waals surface area contributed by atoms with Crippen LogP contribution in [0.5, 0.6) is 0 Å². The van der Waals surface area contributed by atoms with Crippen LogP contribution >= 0.6 is 68.9 Å². The van der Waals surface area contributed by atoms with E-state index in [4.69, 9.17) is 26.9 Å². The van der Waals surface area contributed by atoms with Crippen molar-refractivity contribution in [1.29, 1.82) is 0 Å². The molecule has 0 saturated carbocycles. The molecule has 0 bridgehead atoms. The molecule has 0 spiro atoms. The Labute approximate surface area is 502 Å². The van der Waals surface area contributed by atoms with Crippen molar-refractivity contribution in [2.45, 2.75) is 56.4 Å². The standard InChI is InChI=1S/C20H16N2O2S3.C12H12N2O2S.C10H13NO2S.C10H9NO2S.C8H9NO2/c1-12(2)10-22-19(24)17-13-6-3-4-7-15(13)27-18(17)21-20(22)26-11-14(23)16-8-5-9-25-16;1-8(15)7-17-12-13-10-6-4-3-5-9(10)11(16)14(12)2;2*1-13-10(12)8-6-4-2-3-5-7(6)14-9(8)11;1-11-8(10)6-4-2-3-5-7(6)9/h3-9H,1,10-11H2,2H3;3-6H,7H2,1-2H3;2-5,11H2,1H3;2-5H,11H2,1H3;2-5H,9H2,1H3. The fourth-order valence-corrected chi connectivity index (χ4v) is 14.1. The molecule has 0 saturated heterocycles. The average molecular weight is 1230 g/mol.